The fourth-order valence-electron chi connectivity index (χ4n) is 4.08. The standard InChI is InChI=1S/C16H27NO3/c1-15(2)7-4-3-6-13(15)14(18)17-9-5-8-16(12-17)19-10-11-20-16/h13H,3-12H2,1-2H3. The van der Waals surface area contributed by atoms with Gasteiger partial charge in [-0.25, -0.2) is 0 Å². The SMILES string of the molecule is CC1(C)CCCCC1C(=O)N1CCCC2(C1)OCCO2. The zero-order valence-corrected chi connectivity index (χ0v) is 12.8. The molecule has 1 amide bonds. The fraction of sp³-hybridized carbons (Fsp3) is 0.938. The lowest BCUT2D eigenvalue weighted by atomic mass is 9.68. The van der Waals surface area contributed by atoms with Crippen LogP contribution >= 0.6 is 0 Å². The van der Waals surface area contributed by atoms with Gasteiger partial charge in [-0.1, -0.05) is 26.7 Å². The highest BCUT2D eigenvalue weighted by molar-refractivity contribution is 5.80. The van der Waals surface area contributed by atoms with Gasteiger partial charge in [0.1, 0.15) is 0 Å². The Morgan fingerprint density at radius 2 is 1.85 bits per heavy atom. The summed E-state index contributed by atoms with van der Waals surface area (Å²) in [5, 5.41) is 0. The minimum absolute atomic E-state index is 0.136. The first-order chi connectivity index (χ1) is 9.53. The van der Waals surface area contributed by atoms with Crippen LogP contribution < -0.4 is 0 Å². The van der Waals surface area contributed by atoms with Gasteiger partial charge < -0.3 is 14.4 Å². The molecule has 0 aromatic rings. The highest BCUT2D eigenvalue weighted by Gasteiger charge is 2.45. The van der Waals surface area contributed by atoms with Gasteiger partial charge in [-0.2, -0.15) is 0 Å². The normalized spacial score (nSPS) is 32.5. The molecular weight excluding hydrogens is 254 g/mol. The lowest BCUT2D eigenvalue weighted by molar-refractivity contribution is -0.196. The quantitative estimate of drug-likeness (QED) is 0.741. The van der Waals surface area contributed by atoms with Crippen molar-refractivity contribution in [2.75, 3.05) is 26.3 Å². The van der Waals surface area contributed by atoms with E-state index in [1.165, 1.54) is 12.8 Å². The van der Waals surface area contributed by atoms with Crippen molar-refractivity contribution in [3.05, 3.63) is 0 Å². The molecule has 0 N–H and O–H groups in total. The van der Waals surface area contributed by atoms with Gasteiger partial charge in [-0.05, 0) is 24.7 Å². The molecule has 4 nitrogen and oxygen atoms in total. The van der Waals surface area contributed by atoms with E-state index in [4.69, 9.17) is 9.47 Å². The molecule has 1 spiro atoms. The van der Waals surface area contributed by atoms with Crippen LogP contribution in [0.2, 0.25) is 0 Å². The third-order valence-electron chi connectivity index (χ3n) is 5.35. The number of rotatable bonds is 1. The maximum absolute atomic E-state index is 12.9. The van der Waals surface area contributed by atoms with Crippen LogP contribution in [-0.2, 0) is 14.3 Å². The minimum atomic E-state index is -0.493. The summed E-state index contributed by atoms with van der Waals surface area (Å²) in [5.41, 5.74) is 0.136. The first kappa shape index (κ1) is 14.3. The molecule has 4 heteroatoms. The molecule has 114 valence electrons. The van der Waals surface area contributed by atoms with E-state index in [2.05, 4.69) is 13.8 Å². The third kappa shape index (κ3) is 2.60. The van der Waals surface area contributed by atoms with Crippen LogP contribution in [0.25, 0.3) is 0 Å². The second-order valence-corrected chi connectivity index (χ2v) is 7.26. The van der Waals surface area contributed by atoms with Crippen molar-refractivity contribution < 1.29 is 14.3 Å². The third-order valence-corrected chi connectivity index (χ3v) is 5.35. The number of likely N-dealkylation sites (tertiary alicyclic amines) is 1. The molecule has 1 saturated carbocycles. The summed E-state index contributed by atoms with van der Waals surface area (Å²) < 4.78 is 11.6. The molecule has 0 radical (unpaired) electrons. The predicted molar refractivity (Wildman–Crippen MR) is 76.2 cm³/mol. The highest BCUT2D eigenvalue weighted by Crippen LogP contribution is 2.42. The molecular formula is C16H27NO3. The molecule has 1 unspecified atom stereocenters. The van der Waals surface area contributed by atoms with E-state index in [1.807, 2.05) is 4.90 Å². The molecule has 0 aromatic carbocycles. The zero-order chi connectivity index (χ0) is 14.2. The van der Waals surface area contributed by atoms with Crippen LogP contribution in [0, 0.1) is 11.3 Å². The maximum atomic E-state index is 12.9. The number of amides is 1. The van der Waals surface area contributed by atoms with Gasteiger partial charge in [0.25, 0.3) is 0 Å². The van der Waals surface area contributed by atoms with E-state index in [0.717, 1.165) is 32.2 Å². The zero-order valence-electron chi connectivity index (χ0n) is 12.8. The number of piperidine rings is 1. The van der Waals surface area contributed by atoms with E-state index in [0.29, 0.717) is 25.7 Å². The van der Waals surface area contributed by atoms with Crippen LogP contribution in [0.5, 0.6) is 0 Å². The van der Waals surface area contributed by atoms with Gasteiger partial charge in [-0.3, -0.25) is 4.79 Å². The van der Waals surface area contributed by atoms with E-state index in [1.54, 1.807) is 0 Å². The van der Waals surface area contributed by atoms with Crippen molar-refractivity contribution in [2.45, 2.75) is 58.2 Å². The average Bonchev–Trinajstić information content (AvgIpc) is 2.85. The molecule has 3 fully saturated rings. The summed E-state index contributed by atoms with van der Waals surface area (Å²) in [7, 11) is 0. The van der Waals surface area contributed by atoms with Crippen LogP contribution in [0.1, 0.15) is 52.4 Å². The Kier molecular flexibility index (Phi) is 3.80. The van der Waals surface area contributed by atoms with E-state index in [-0.39, 0.29) is 11.3 Å². The Bertz CT molecular complexity index is 374. The van der Waals surface area contributed by atoms with Crippen molar-refractivity contribution in [1.82, 2.24) is 4.90 Å². The molecule has 2 heterocycles. The first-order valence-corrected chi connectivity index (χ1v) is 8.09. The Morgan fingerprint density at radius 1 is 1.10 bits per heavy atom. The molecule has 3 aliphatic rings. The second-order valence-electron chi connectivity index (χ2n) is 7.26. The lowest BCUT2D eigenvalue weighted by Crippen LogP contribution is -2.54. The monoisotopic (exact) mass is 281 g/mol. The summed E-state index contributed by atoms with van der Waals surface area (Å²) in [5.74, 6) is 0.00729. The van der Waals surface area contributed by atoms with Crippen molar-refractivity contribution in [2.24, 2.45) is 11.3 Å². The average molecular weight is 281 g/mol. The molecule has 2 aliphatic heterocycles. The van der Waals surface area contributed by atoms with Crippen LogP contribution in [0.3, 0.4) is 0 Å². The summed E-state index contributed by atoms with van der Waals surface area (Å²) >= 11 is 0. The molecule has 20 heavy (non-hydrogen) atoms. The lowest BCUT2D eigenvalue weighted by Gasteiger charge is -2.44. The van der Waals surface area contributed by atoms with E-state index < -0.39 is 5.79 Å². The van der Waals surface area contributed by atoms with Crippen molar-refractivity contribution in [3.63, 3.8) is 0 Å². The molecule has 0 bridgehead atoms. The van der Waals surface area contributed by atoms with Gasteiger partial charge in [0.05, 0.1) is 19.8 Å². The largest absolute Gasteiger partial charge is 0.346 e. The van der Waals surface area contributed by atoms with E-state index in [9.17, 15) is 4.79 Å². The number of carbonyl (C=O) groups excluding carboxylic acids is 1. The number of nitrogens with zero attached hydrogens (tertiary/aromatic N) is 1. The molecule has 1 atom stereocenters. The molecule has 1 aliphatic carbocycles. The van der Waals surface area contributed by atoms with E-state index >= 15 is 0 Å². The Labute approximate surface area is 121 Å². The summed E-state index contributed by atoms with van der Waals surface area (Å²) in [6.07, 6.45) is 6.55. The highest BCUT2D eigenvalue weighted by atomic mass is 16.7. The number of carbonyl (C=O) groups is 1. The molecule has 2 saturated heterocycles. The summed E-state index contributed by atoms with van der Waals surface area (Å²) in [6, 6.07) is 0. The maximum Gasteiger partial charge on any atom is 0.226 e. The Morgan fingerprint density at radius 3 is 2.55 bits per heavy atom. The van der Waals surface area contributed by atoms with Gasteiger partial charge >= 0.3 is 0 Å². The smallest absolute Gasteiger partial charge is 0.226 e. The summed E-state index contributed by atoms with van der Waals surface area (Å²) in [4.78, 5) is 14.9. The van der Waals surface area contributed by atoms with Crippen molar-refractivity contribution in [1.29, 1.82) is 0 Å². The number of hydrogen-bond donors (Lipinski definition) is 0. The minimum Gasteiger partial charge on any atom is -0.346 e. The van der Waals surface area contributed by atoms with Gasteiger partial charge in [0, 0.05) is 18.9 Å². The topological polar surface area (TPSA) is 38.8 Å². The fourth-order valence-corrected chi connectivity index (χ4v) is 4.08. The number of ether oxygens (including phenoxy) is 2. The van der Waals surface area contributed by atoms with Crippen LogP contribution in [0.15, 0.2) is 0 Å². The van der Waals surface area contributed by atoms with Gasteiger partial charge in [-0.15, -0.1) is 0 Å². The van der Waals surface area contributed by atoms with Crippen molar-refractivity contribution >= 4 is 5.91 Å². The molecule has 3 rings (SSSR count). The second kappa shape index (κ2) is 5.30. The first-order valence-electron chi connectivity index (χ1n) is 8.09. The predicted octanol–water partition coefficient (Wildman–Crippen LogP) is 2.57. The Balaban J connectivity index is 1.70. The van der Waals surface area contributed by atoms with Crippen LogP contribution in [0.4, 0.5) is 0 Å². The van der Waals surface area contributed by atoms with Crippen molar-refractivity contribution in [3.8, 4) is 0 Å². The van der Waals surface area contributed by atoms with Crippen LogP contribution in [-0.4, -0.2) is 42.9 Å². The van der Waals surface area contributed by atoms with Gasteiger partial charge in [0.2, 0.25) is 5.91 Å². The van der Waals surface area contributed by atoms with Gasteiger partial charge in [0.15, 0.2) is 5.79 Å². The summed E-state index contributed by atoms with van der Waals surface area (Å²) in [6.45, 7) is 7.31. The number of hydrogen-bond acceptors (Lipinski definition) is 3. The molecule has 0 aromatic heterocycles. The Hall–Kier alpha value is -0.610.